The average Bonchev–Trinajstić information content (AvgIpc) is 2.58. The Labute approximate surface area is 142 Å². The van der Waals surface area contributed by atoms with Gasteiger partial charge in [0.1, 0.15) is 0 Å². The van der Waals surface area contributed by atoms with Crippen molar-refractivity contribution in [3.63, 3.8) is 0 Å². The van der Waals surface area contributed by atoms with Crippen LogP contribution in [0.1, 0.15) is 16.7 Å². The van der Waals surface area contributed by atoms with E-state index in [4.69, 9.17) is 22.2 Å². The highest BCUT2D eigenvalue weighted by Crippen LogP contribution is 2.43. The van der Waals surface area contributed by atoms with Gasteiger partial charge in [-0.15, -0.1) is 22.2 Å². The van der Waals surface area contributed by atoms with E-state index in [9.17, 15) is 0 Å². The predicted octanol–water partition coefficient (Wildman–Crippen LogP) is 5.53. The fourth-order valence-corrected chi connectivity index (χ4v) is 6.01. The van der Waals surface area contributed by atoms with Crippen LogP contribution in [0.3, 0.4) is 0 Å². The molecule has 0 atom stereocenters. The van der Waals surface area contributed by atoms with Gasteiger partial charge < -0.3 is 0 Å². The van der Waals surface area contributed by atoms with Crippen LogP contribution in [-0.2, 0) is 5.04 Å². The lowest BCUT2D eigenvalue weighted by Gasteiger charge is -2.35. The van der Waals surface area contributed by atoms with Gasteiger partial charge in [0.2, 0.25) is 0 Å². The first-order valence-electron chi connectivity index (χ1n) is 7.11. The molecule has 3 aromatic carbocycles. The summed E-state index contributed by atoms with van der Waals surface area (Å²) in [5.41, 5.74) is 3.39. The molecule has 3 aromatic rings. The summed E-state index contributed by atoms with van der Waals surface area (Å²) in [6.45, 7) is 0. The number of rotatable bonds is 4. The Balaban J connectivity index is 2.34. The Kier molecular flexibility index (Phi) is 4.68. The van der Waals surface area contributed by atoms with E-state index in [-0.39, 0.29) is 0 Å². The van der Waals surface area contributed by atoms with Crippen LogP contribution in [0.2, 0.25) is 0 Å². The van der Waals surface area contributed by atoms with Crippen LogP contribution in [0.4, 0.5) is 0 Å². The molecule has 0 spiro atoms. The molecular formula is C19H15Cl2Si. The zero-order chi connectivity index (χ0) is 15.4. The molecule has 3 rings (SSSR count). The Morgan fingerprint density at radius 1 is 0.500 bits per heavy atom. The summed E-state index contributed by atoms with van der Waals surface area (Å²) >= 11 is 13.3. The minimum atomic E-state index is -1.74. The highest BCUT2D eigenvalue weighted by molar-refractivity contribution is 7.35. The van der Waals surface area contributed by atoms with Crippen LogP contribution in [0, 0.1) is 0 Å². The Morgan fingerprint density at radius 3 is 1.00 bits per heavy atom. The van der Waals surface area contributed by atoms with E-state index in [1.807, 2.05) is 54.6 Å². The largest absolute Gasteiger partial charge is 0.293 e. The van der Waals surface area contributed by atoms with Crippen LogP contribution in [-0.4, -0.2) is 7.42 Å². The van der Waals surface area contributed by atoms with Gasteiger partial charge in [-0.25, -0.2) is 0 Å². The van der Waals surface area contributed by atoms with Crippen LogP contribution in [0.5, 0.6) is 0 Å². The van der Waals surface area contributed by atoms with E-state index in [0.29, 0.717) is 0 Å². The van der Waals surface area contributed by atoms with Gasteiger partial charge in [-0.1, -0.05) is 91.0 Å². The van der Waals surface area contributed by atoms with E-state index < -0.39 is 12.5 Å². The van der Waals surface area contributed by atoms with Gasteiger partial charge in [-0.05, 0) is 16.7 Å². The lowest BCUT2D eigenvalue weighted by molar-refractivity contribution is 0.868. The monoisotopic (exact) mass is 341 g/mol. The molecule has 109 valence electrons. The fourth-order valence-electron chi connectivity index (χ4n) is 2.89. The van der Waals surface area contributed by atoms with Gasteiger partial charge >= 0.3 is 0 Å². The first kappa shape index (κ1) is 15.4. The molecule has 22 heavy (non-hydrogen) atoms. The van der Waals surface area contributed by atoms with Crippen molar-refractivity contribution in [2.75, 3.05) is 0 Å². The maximum absolute atomic E-state index is 6.67. The normalized spacial score (nSPS) is 11.6. The molecule has 0 aliphatic heterocycles. The van der Waals surface area contributed by atoms with E-state index in [0.717, 1.165) is 16.7 Å². The molecule has 0 heterocycles. The Bertz CT molecular complexity index is 616. The smallest absolute Gasteiger partial charge is 0.145 e. The summed E-state index contributed by atoms with van der Waals surface area (Å²) in [5, 5.41) is -0.489. The van der Waals surface area contributed by atoms with Crippen molar-refractivity contribution in [3.8, 4) is 0 Å². The third-order valence-electron chi connectivity index (χ3n) is 3.90. The molecule has 0 N–H and O–H groups in total. The van der Waals surface area contributed by atoms with E-state index in [2.05, 4.69) is 36.4 Å². The number of halogens is 2. The lowest BCUT2D eigenvalue weighted by atomic mass is 9.84. The molecule has 0 bridgehead atoms. The topological polar surface area (TPSA) is 0 Å². The van der Waals surface area contributed by atoms with Crippen molar-refractivity contribution >= 4 is 29.6 Å². The van der Waals surface area contributed by atoms with E-state index in [1.165, 1.54) is 0 Å². The van der Waals surface area contributed by atoms with Gasteiger partial charge in [0, 0.05) is 0 Å². The fraction of sp³-hybridized carbons (Fsp3) is 0.0526. The minimum absolute atomic E-state index is 0.489. The maximum atomic E-state index is 6.67. The molecule has 1 radical (unpaired) electrons. The van der Waals surface area contributed by atoms with Gasteiger partial charge in [-0.3, -0.25) is 0 Å². The summed E-state index contributed by atoms with van der Waals surface area (Å²) in [7, 11) is -1.74. The molecule has 0 saturated carbocycles. The predicted molar refractivity (Wildman–Crippen MR) is 96.7 cm³/mol. The quantitative estimate of drug-likeness (QED) is 0.332. The Morgan fingerprint density at radius 2 is 0.773 bits per heavy atom. The molecule has 0 aliphatic rings. The second-order valence-corrected chi connectivity index (χ2v) is 9.23. The van der Waals surface area contributed by atoms with Crippen molar-refractivity contribution < 1.29 is 0 Å². The van der Waals surface area contributed by atoms with Gasteiger partial charge in [-0.2, -0.15) is 0 Å². The molecule has 0 amide bonds. The van der Waals surface area contributed by atoms with Crippen molar-refractivity contribution in [2.45, 2.75) is 5.04 Å². The molecule has 0 nitrogen and oxygen atoms in total. The highest BCUT2D eigenvalue weighted by Gasteiger charge is 2.44. The third-order valence-corrected chi connectivity index (χ3v) is 7.04. The standard InChI is InChI=1S/C19H15Cl2Si/c20-22(21)19(16-10-4-1-5-11-16,17-12-6-2-7-13-17)18-14-8-3-9-15-18/h1-15H. The van der Waals surface area contributed by atoms with Crippen molar-refractivity contribution in [1.29, 1.82) is 0 Å². The van der Waals surface area contributed by atoms with Crippen LogP contribution < -0.4 is 0 Å². The molecule has 3 heteroatoms. The zero-order valence-corrected chi connectivity index (χ0v) is 14.4. The van der Waals surface area contributed by atoms with Crippen LogP contribution in [0.15, 0.2) is 91.0 Å². The van der Waals surface area contributed by atoms with E-state index in [1.54, 1.807) is 0 Å². The zero-order valence-electron chi connectivity index (χ0n) is 11.9. The molecule has 0 saturated heterocycles. The van der Waals surface area contributed by atoms with Crippen molar-refractivity contribution in [2.24, 2.45) is 0 Å². The number of benzene rings is 3. The second-order valence-electron chi connectivity index (χ2n) is 5.11. The van der Waals surface area contributed by atoms with Gasteiger partial charge in [0.25, 0.3) is 7.42 Å². The van der Waals surface area contributed by atoms with Crippen LogP contribution in [0.25, 0.3) is 0 Å². The maximum Gasteiger partial charge on any atom is 0.293 e. The average molecular weight is 342 g/mol. The summed E-state index contributed by atoms with van der Waals surface area (Å²) < 4.78 is 0. The van der Waals surface area contributed by atoms with Crippen LogP contribution >= 0.6 is 22.2 Å². The molecule has 0 aliphatic carbocycles. The minimum Gasteiger partial charge on any atom is -0.145 e. The molecular weight excluding hydrogens is 327 g/mol. The first-order chi connectivity index (χ1) is 10.8. The first-order valence-corrected chi connectivity index (χ1v) is 10.6. The summed E-state index contributed by atoms with van der Waals surface area (Å²) in [6.07, 6.45) is 0. The molecule has 0 fully saturated rings. The SMILES string of the molecule is Cl[Si](Cl)C(c1ccccc1)(c1ccccc1)c1ccccc1. The van der Waals surface area contributed by atoms with Crippen molar-refractivity contribution in [1.82, 2.24) is 0 Å². The Hall–Kier alpha value is -1.54. The second kappa shape index (κ2) is 6.70. The highest BCUT2D eigenvalue weighted by atomic mass is 35.7. The molecule has 0 aromatic heterocycles. The molecule has 0 unspecified atom stereocenters. The van der Waals surface area contributed by atoms with Gasteiger partial charge in [0.05, 0.1) is 5.04 Å². The lowest BCUT2D eigenvalue weighted by Crippen LogP contribution is -2.39. The van der Waals surface area contributed by atoms with Crippen molar-refractivity contribution in [3.05, 3.63) is 108 Å². The third kappa shape index (κ3) is 2.61. The van der Waals surface area contributed by atoms with Gasteiger partial charge in [0.15, 0.2) is 0 Å². The summed E-state index contributed by atoms with van der Waals surface area (Å²) in [4.78, 5) is 0. The van der Waals surface area contributed by atoms with E-state index >= 15 is 0 Å². The summed E-state index contributed by atoms with van der Waals surface area (Å²) in [5.74, 6) is 0. The number of hydrogen-bond donors (Lipinski definition) is 0. The summed E-state index contributed by atoms with van der Waals surface area (Å²) in [6, 6.07) is 30.9. The number of hydrogen-bond acceptors (Lipinski definition) is 0.